The number of hydrogen-bond donors (Lipinski definition) is 1. The molecular formula is C20H23N3O. The largest absolute Gasteiger partial charge is 0.368 e. The molecule has 0 radical (unpaired) electrons. The van der Waals surface area contributed by atoms with Gasteiger partial charge in [-0.05, 0) is 29.7 Å². The number of nitrogens with one attached hydrogen (secondary N) is 1. The maximum Gasteiger partial charge on any atom is 0.240 e. The first-order valence-corrected chi connectivity index (χ1v) is 8.70. The summed E-state index contributed by atoms with van der Waals surface area (Å²) >= 11 is 0. The van der Waals surface area contributed by atoms with Gasteiger partial charge in [0.1, 0.15) is 0 Å². The van der Waals surface area contributed by atoms with Gasteiger partial charge in [-0.2, -0.15) is 0 Å². The Morgan fingerprint density at radius 3 is 2.29 bits per heavy atom. The topological polar surface area (TPSA) is 35.6 Å². The van der Waals surface area contributed by atoms with E-state index in [0.29, 0.717) is 0 Å². The van der Waals surface area contributed by atoms with E-state index < -0.39 is 0 Å². The zero-order valence-electron chi connectivity index (χ0n) is 13.8. The predicted molar refractivity (Wildman–Crippen MR) is 96.0 cm³/mol. The third kappa shape index (κ3) is 3.02. The van der Waals surface area contributed by atoms with Crippen LogP contribution in [0.2, 0.25) is 0 Å². The molecule has 1 fully saturated rings. The fraction of sp³-hybridized carbons (Fsp3) is 0.350. The van der Waals surface area contributed by atoms with Crippen LogP contribution in [0.4, 0.5) is 5.69 Å². The first-order chi connectivity index (χ1) is 11.8. The van der Waals surface area contributed by atoms with Crippen LogP contribution in [0.1, 0.15) is 11.1 Å². The number of carbonyl (C=O) groups excluding carboxylic acids is 1. The van der Waals surface area contributed by atoms with E-state index >= 15 is 0 Å². The average molecular weight is 321 g/mol. The van der Waals surface area contributed by atoms with Gasteiger partial charge < -0.3 is 15.1 Å². The summed E-state index contributed by atoms with van der Waals surface area (Å²) in [4.78, 5) is 17.2. The number of para-hydroxylation sites is 1. The zero-order chi connectivity index (χ0) is 16.4. The number of amides is 1. The molecule has 2 aromatic carbocycles. The van der Waals surface area contributed by atoms with Crippen LogP contribution < -0.4 is 10.2 Å². The maximum atomic E-state index is 12.9. The minimum atomic E-state index is -0.0804. The van der Waals surface area contributed by atoms with Crippen molar-refractivity contribution in [2.75, 3.05) is 31.1 Å². The third-order valence-electron chi connectivity index (χ3n) is 5.09. The van der Waals surface area contributed by atoms with Gasteiger partial charge in [-0.3, -0.25) is 4.79 Å². The number of hydrogen-bond acceptors (Lipinski definition) is 3. The van der Waals surface area contributed by atoms with Gasteiger partial charge in [-0.1, -0.05) is 42.5 Å². The van der Waals surface area contributed by atoms with Crippen LogP contribution in [0, 0.1) is 0 Å². The molecule has 4 heteroatoms. The van der Waals surface area contributed by atoms with Gasteiger partial charge in [0, 0.05) is 38.4 Å². The van der Waals surface area contributed by atoms with E-state index in [2.05, 4.69) is 58.7 Å². The molecule has 24 heavy (non-hydrogen) atoms. The van der Waals surface area contributed by atoms with Gasteiger partial charge in [0.2, 0.25) is 5.91 Å². The van der Waals surface area contributed by atoms with Crippen LogP contribution >= 0.6 is 0 Å². The van der Waals surface area contributed by atoms with E-state index in [1.165, 1.54) is 16.8 Å². The molecular weight excluding hydrogens is 298 g/mol. The Kier molecular flexibility index (Phi) is 4.22. The molecule has 0 spiro atoms. The summed E-state index contributed by atoms with van der Waals surface area (Å²) < 4.78 is 0. The Balaban J connectivity index is 1.37. The Hall–Kier alpha value is -2.33. The Labute approximate surface area is 143 Å². The van der Waals surface area contributed by atoms with Crippen LogP contribution in [0.15, 0.2) is 54.6 Å². The second kappa shape index (κ2) is 6.65. The van der Waals surface area contributed by atoms with Crippen molar-refractivity contribution >= 4 is 11.6 Å². The molecule has 0 aromatic heterocycles. The lowest BCUT2D eigenvalue weighted by Crippen LogP contribution is -2.55. The van der Waals surface area contributed by atoms with Crippen molar-refractivity contribution in [2.45, 2.75) is 19.0 Å². The van der Waals surface area contributed by atoms with E-state index in [4.69, 9.17) is 0 Å². The molecule has 0 aliphatic carbocycles. The molecule has 2 aliphatic heterocycles. The van der Waals surface area contributed by atoms with E-state index in [9.17, 15) is 4.79 Å². The summed E-state index contributed by atoms with van der Waals surface area (Å²) in [6, 6.07) is 18.8. The second-order valence-electron chi connectivity index (χ2n) is 6.55. The molecule has 1 saturated heterocycles. The summed E-state index contributed by atoms with van der Waals surface area (Å²) in [6.45, 7) is 4.19. The van der Waals surface area contributed by atoms with E-state index in [1.807, 2.05) is 11.0 Å². The highest BCUT2D eigenvalue weighted by Crippen LogP contribution is 2.19. The first-order valence-electron chi connectivity index (χ1n) is 8.70. The van der Waals surface area contributed by atoms with Gasteiger partial charge in [0.05, 0.1) is 6.04 Å². The van der Waals surface area contributed by atoms with Crippen LogP contribution in [0.25, 0.3) is 0 Å². The van der Waals surface area contributed by atoms with Crippen molar-refractivity contribution in [3.8, 4) is 0 Å². The molecule has 4 nitrogen and oxygen atoms in total. The quantitative estimate of drug-likeness (QED) is 0.919. The van der Waals surface area contributed by atoms with Crippen molar-refractivity contribution in [3.05, 3.63) is 65.7 Å². The third-order valence-corrected chi connectivity index (χ3v) is 5.09. The number of rotatable bonds is 2. The van der Waals surface area contributed by atoms with Gasteiger partial charge in [0.25, 0.3) is 0 Å². The minimum Gasteiger partial charge on any atom is -0.368 e. The molecule has 2 heterocycles. The highest BCUT2D eigenvalue weighted by molar-refractivity contribution is 5.83. The van der Waals surface area contributed by atoms with Crippen LogP contribution in [-0.4, -0.2) is 43.0 Å². The molecule has 1 atom stereocenters. The van der Waals surface area contributed by atoms with Crippen molar-refractivity contribution in [1.82, 2.24) is 10.2 Å². The molecule has 2 aliphatic rings. The predicted octanol–water partition coefficient (Wildman–Crippen LogP) is 2.05. The van der Waals surface area contributed by atoms with Crippen molar-refractivity contribution < 1.29 is 4.79 Å². The Bertz CT molecular complexity index is 708. The lowest BCUT2D eigenvalue weighted by Gasteiger charge is -2.38. The van der Waals surface area contributed by atoms with Gasteiger partial charge in [-0.25, -0.2) is 0 Å². The highest BCUT2D eigenvalue weighted by atomic mass is 16.2. The summed E-state index contributed by atoms with van der Waals surface area (Å²) in [6.07, 6.45) is 0.800. The lowest BCUT2D eigenvalue weighted by molar-refractivity contribution is -0.133. The molecule has 1 amide bonds. The lowest BCUT2D eigenvalue weighted by atomic mass is 9.95. The molecule has 1 N–H and O–H groups in total. The molecule has 4 rings (SSSR count). The molecule has 124 valence electrons. The highest BCUT2D eigenvalue weighted by Gasteiger charge is 2.29. The number of carbonyl (C=O) groups is 1. The van der Waals surface area contributed by atoms with Crippen LogP contribution in [0.5, 0.6) is 0 Å². The maximum absolute atomic E-state index is 12.9. The first kappa shape index (κ1) is 15.2. The standard InChI is InChI=1S/C20H23N3O/c24-20(19-14-16-6-4-5-7-17(16)15-21-19)23-12-10-22(11-13-23)18-8-2-1-3-9-18/h1-9,19,21H,10-15H2/t19-/m0/s1. The van der Waals surface area contributed by atoms with E-state index in [-0.39, 0.29) is 11.9 Å². The second-order valence-corrected chi connectivity index (χ2v) is 6.55. The van der Waals surface area contributed by atoms with Gasteiger partial charge >= 0.3 is 0 Å². The number of nitrogens with zero attached hydrogens (tertiary/aromatic N) is 2. The molecule has 0 saturated carbocycles. The number of fused-ring (bicyclic) bond motifs is 1. The van der Waals surface area contributed by atoms with E-state index in [1.54, 1.807) is 0 Å². The average Bonchev–Trinajstić information content (AvgIpc) is 2.68. The monoisotopic (exact) mass is 321 g/mol. The fourth-order valence-electron chi connectivity index (χ4n) is 3.67. The number of piperazine rings is 1. The smallest absolute Gasteiger partial charge is 0.240 e. The normalized spacial score (nSPS) is 20.6. The molecule has 0 bridgehead atoms. The van der Waals surface area contributed by atoms with Gasteiger partial charge in [0.15, 0.2) is 0 Å². The summed E-state index contributed by atoms with van der Waals surface area (Å²) in [7, 11) is 0. The molecule has 0 unspecified atom stereocenters. The van der Waals surface area contributed by atoms with Crippen molar-refractivity contribution in [1.29, 1.82) is 0 Å². The zero-order valence-corrected chi connectivity index (χ0v) is 13.8. The number of anilines is 1. The van der Waals surface area contributed by atoms with Crippen LogP contribution in [0.3, 0.4) is 0 Å². The SMILES string of the molecule is O=C([C@@H]1Cc2ccccc2CN1)N1CCN(c2ccccc2)CC1. The fourth-order valence-corrected chi connectivity index (χ4v) is 3.67. The molecule has 2 aromatic rings. The number of benzene rings is 2. The Morgan fingerprint density at radius 2 is 1.54 bits per heavy atom. The minimum absolute atomic E-state index is 0.0804. The summed E-state index contributed by atoms with van der Waals surface area (Å²) in [5.41, 5.74) is 3.86. The van der Waals surface area contributed by atoms with Gasteiger partial charge in [-0.15, -0.1) is 0 Å². The van der Waals surface area contributed by atoms with Crippen molar-refractivity contribution in [3.63, 3.8) is 0 Å². The van der Waals surface area contributed by atoms with Crippen LogP contribution in [-0.2, 0) is 17.8 Å². The van der Waals surface area contributed by atoms with Crippen molar-refractivity contribution in [2.24, 2.45) is 0 Å². The van der Waals surface area contributed by atoms with E-state index in [0.717, 1.165) is 39.1 Å². The summed E-state index contributed by atoms with van der Waals surface area (Å²) in [5.74, 6) is 0.247. The Morgan fingerprint density at radius 1 is 0.875 bits per heavy atom. The summed E-state index contributed by atoms with van der Waals surface area (Å²) in [5, 5.41) is 3.41.